The lowest BCUT2D eigenvalue weighted by Gasteiger charge is -2.16. The maximum atomic E-state index is 13.1. The second-order valence-corrected chi connectivity index (χ2v) is 5.21. The van der Waals surface area contributed by atoms with Gasteiger partial charge in [0.2, 0.25) is 0 Å². The van der Waals surface area contributed by atoms with Gasteiger partial charge in [0.15, 0.2) is 0 Å². The summed E-state index contributed by atoms with van der Waals surface area (Å²) in [7, 11) is 0. The van der Waals surface area contributed by atoms with Gasteiger partial charge in [0, 0.05) is 12.1 Å². The van der Waals surface area contributed by atoms with E-state index in [1.807, 2.05) is 13.8 Å². The van der Waals surface area contributed by atoms with Crippen LogP contribution in [0.4, 0.5) is 4.39 Å². The van der Waals surface area contributed by atoms with Crippen LogP contribution in [0, 0.1) is 12.7 Å². The summed E-state index contributed by atoms with van der Waals surface area (Å²) in [6.07, 6.45) is 4.89. The Morgan fingerprint density at radius 1 is 1.44 bits per heavy atom. The summed E-state index contributed by atoms with van der Waals surface area (Å²) in [6, 6.07) is 5.46. The Balaban J connectivity index is 1.71. The number of nitrogens with one attached hydrogen (secondary N) is 1. The molecule has 1 unspecified atom stereocenters. The molecule has 0 bridgehead atoms. The fraction of sp³-hybridized carbons (Fsp3) is 0.600. The lowest BCUT2D eigenvalue weighted by Crippen LogP contribution is -2.20. The lowest BCUT2D eigenvalue weighted by atomic mass is 10.2. The van der Waals surface area contributed by atoms with E-state index < -0.39 is 0 Å². The molecule has 0 aromatic heterocycles. The van der Waals surface area contributed by atoms with Crippen molar-refractivity contribution < 1.29 is 9.13 Å². The van der Waals surface area contributed by atoms with Crippen LogP contribution in [0.25, 0.3) is 0 Å². The third-order valence-corrected chi connectivity index (χ3v) is 3.28. The number of benzene rings is 1. The quantitative estimate of drug-likeness (QED) is 0.750. The normalized spacial score (nSPS) is 16.6. The highest BCUT2D eigenvalue weighted by molar-refractivity contribution is 5.32. The first-order valence-corrected chi connectivity index (χ1v) is 6.81. The molecular weight excluding hydrogens is 229 g/mol. The Morgan fingerprint density at radius 3 is 2.94 bits per heavy atom. The Morgan fingerprint density at radius 2 is 2.22 bits per heavy atom. The number of halogens is 1. The summed E-state index contributed by atoms with van der Waals surface area (Å²) >= 11 is 0. The lowest BCUT2D eigenvalue weighted by molar-refractivity contribution is 0.205. The van der Waals surface area contributed by atoms with Crippen LogP contribution in [-0.2, 0) is 0 Å². The molecule has 1 aliphatic carbocycles. The van der Waals surface area contributed by atoms with E-state index in [0.717, 1.165) is 31.0 Å². The summed E-state index contributed by atoms with van der Waals surface area (Å²) in [4.78, 5) is 0. The zero-order chi connectivity index (χ0) is 13.0. The fourth-order valence-electron chi connectivity index (χ4n) is 1.96. The van der Waals surface area contributed by atoms with Gasteiger partial charge in [-0.3, -0.25) is 0 Å². The van der Waals surface area contributed by atoms with Gasteiger partial charge >= 0.3 is 0 Å². The first kappa shape index (κ1) is 13.3. The zero-order valence-electron chi connectivity index (χ0n) is 11.2. The molecule has 0 radical (unpaired) electrons. The highest BCUT2D eigenvalue weighted by Crippen LogP contribution is 2.21. The van der Waals surface area contributed by atoms with Gasteiger partial charge in [-0.25, -0.2) is 4.39 Å². The number of aryl methyl sites for hydroxylation is 1. The van der Waals surface area contributed by atoms with Gasteiger partial charge in [0.05, 0.1) is 6.10 Å². The predicted octanol–water partition coefficient (Wildman–Crippen LogP) is 3.43. The van der Waals surface area contributed by atoms with Gasteiger partial charge < -0.3 is 10.1 Å². The van der Waals surface area contributed by atoms with E-state index in [1.54, 1.807) is 6.07 Å². The van der Waals surface area contributed by atoms with Crippen LogP contribution in [0.5, 0.6) is 5.75 Å². The summed E-state index contributed by atoms with van der Waals surface area (Å²) in [5, 5.41) is 3.48. The van der Waals surface area contributed by atoms with Crippen molar-refractivity contribution in [3.8, 4) is 5.75 Å². The Kier molecular flexibility index (Phi) is 4.59. The first-order valence-electron chi connectivity index (χ1n) is 6.81. The van der Waals surface area contributed by atoms with Crippen LogP contribution in [0.1, 0.15) is 38.2 Å². The summed E-state index contributed by atoms with van der Waals surface area (Å²) in [5.41, 5.74) is 0.986. The van der Waals surface area contributed by atoms with Gasteiger partial charge in [-0.2, -0.15) is 0 Å². The Hall–Kier alpha value is -1.09. The molecule has 0 heterocycles. The average Bonchev–Trinajstić information content (AvgIpc) is 3.13. The molecule has 1 fully saturated rings. The number of ether oxygens (including phenoxy) is 1. The average molecular weight is 251 g/mol. The number of hydrogen-bond donors (Lipinski definition) is 1. The summed E-state index contributed by atoms with van der Waals surface area (Å²) < 4.78 is 18.9. The predicted molar refractivity (Wildman–Crippen MR) is 71.5 cm³/mol. The van der Waals surface area contributed by atoms with Crippen molar-refractivity contribution in [3.05, 3.63) is 29.6 Å². The highest BCUT2D eigenvalue weighted by Gasteiger charge is 2.19. The van der Waals surface area contributed by atoms with Gasteiger partial charge in [0.25, 0.3) is 0 Å². The zero-order valence-corrected chi connectivity index (χ0v) is 11.2. The molecule has 0 amide bonds. The molecule has 2 nitrogen and oxygen atoms in total. The molecule has 2 rings (SSSR count). The van der Waals surface area contributed by atoms with Crippen LogP contribution in [0.2, 0.25) is 0 Å². The summed E-state index contributed by atoms with van der Waals surface area (Å²) in [5.74, 6) is 0.427. The Labute approximate surface area is 109 Å². The van der Waals surface area contributed by atoms with Gasteiger partial charge in [-0.15, -0.1) is 0 Å². The van der Waals surface area contributed by atoms with E-state index in [4.69, 9.17) is 4.74 Å². The molecule has 0 saturated heterocycles. The maximum absolute atomic E-state index is 13.1. The molecule has 0 aliphatic heterocycles. The fourth-order valence-corrected chi connectivity index (χ4v) is 1.96. The molecular formula is C15H22FNO. The second-order valence-electron chi connectivity index (χ2n) is 5.21. The molecule has 3 heteroatoms. The van der Waals surface area contributed by atoms with Gasteiger partial charge in [-0.05, 0) is 57.7 Å². The second kappa shape index (κ2) is 6.19. The van der Waals surface area contributed by atoms with Crippen molar-refractivity contribution in [2.75, 3.05) is 6.54 Å². The van der Waals surface area contributed by atoms with Crippen LogP contribution in [-0.4, -0.2) is 18.7 Å². The van der Waals surface area contributed by atoms with Crippen molar-refractivity contribution in [1.29, 1.82) is 0 Å². The molecule has 1 aromatic rings. The smallest absolute Gasteiger partial charge is 0.126 e. The van der Waals surface area contributed by atoms with Crippen molar-refractivity contribution in [1.82, 2.24) is 5.32 Å². The summed E-state index contributed by atoms with van der Waals surface area (Å²) in [6.45, 7) is 5.04. The third-order valence-electron chi connectivity index (χ3n) is 3.28. The molecule has 1 aromatic carbocycles. The van der Waals surface area contributed by atoms with E-state index in [-0.39, 0.29) is 11.9 Å². The maximum Gasteiger partial charge on any atom is 0.126 e. The topological polar surface area (TPSA) is 21.3 Å². The van der Waals surface area contributed by atoms with E-state index in [2.05, 4.69) is 5.32 Å². The largest absolute Gasteiger partial charge is 0.490 e. The van der Waals surface area contributed by atoms with E-state index >= 15 is 0 Å². The monoisotopic (exact) mass is 251 g/mol. The van der Waals surface area contributed by atoms with Crippen LogP contribution in [0.15, 0.2) is 18.2 Å². The Bertz CT molecular complexity index is 390. The third kappa shape index (κ3) is 4.30. The van der Waals surface area contributed by atoms with Crippen LogP contribution < -0.4 is 10.1 Å². The van der Waals surface area contributed by atoms with Crippen molar-refractivity contribution in [3.63, 3.8) is 0 Å². The van der Waals surface area contributed by atoms with Gasteiger partial charge in [-0.1, -0.05) is 6.07 Å². The van der Waals surface area contributed by atoms with Crippen LogP contribution in [0.3, 0.4) is 0 Å². The van der Waals surface area contributed by atoms with Crippen molar-refractivity contribution >= 4 is 0 Å². The SMILES string of the molecule is Cc1ccc(F)cc1OC(C)CCCNC1CC1. The first-order chi connectivity index (χ1) is 8.65. The number of hydrogen-bond acceptors (Lipinski definition) is 2. The van der Waals surface area contributed by atoms with Gasteiger partial charge in [0.1, 0.15) is 11.6 Å². The van der Waals surface area contributed by atoms with E-state index in [9.17, 15) is 4.39 Å². The molecule has 18 heavy (non-hydrogen) atoms. The van der Waals surface area contributed by atoms with E-state index in [1.165, 1.54) is 25.0 Å². The van der Waals surface area contributed by atoms with Crippen molar-refractivity contribution in [2.45, 2.75) is 51.7 Å². The standard InChI is InChI=1S/C15H22FNO/c1-11-5-6-13(16)10-15(11)18-12(2)4-3-9-17-14-7-8-14/h5-6,10,12,14,17H,3-4,7-9H2,1-2H3. The molecule has 1 atom stereocenters. The molecule has 1 aliphatic rings. The van der Waals surface area contributed by atoms with Crippen LogP contribution >= 0.6 is 0 Å². The van der Waals surface area contributed by atoms with Crippen molar-refractivity contribution in [2.24, 2.45) is 0 Å². The molecule has 1 N–H and O–H groups in total. The van der Waals surface area contributed by atoms with E-state index in [0.29, 0.717) is 5.75 Å². The molecule has 100 valence electrons. The number of rotatable bonds is 7. The minimum atomic E-state index is -0.238. The minimum Gasteiger partial charge on any atom is -0.490 e. The molecule has 0 spiro atoms. The minimum absolute atomic E-state index is 0.131. The highest BCUT2D eigenvalue weighted by atomic mass is 19.1. The molecule has 1 saturated carbocycles.